The van der Waals surface area contributed by atoms with Crippen LogP contribution in [0.15, 0.2) is 45.6 Å². The van der Waals surface area contributed by atoms with Crippen LogP contribution in [0.25, 0.3) is 11.0 Å². The number of aromatic nitrogens is 1. The van der Waals surface area contributed by atoms with Crippen LogP contribution in [0, 0.1) is 6.92 Å². The van der Waals surface area contributed by atoms with Gasteiger partial charge in [-0.2, -0.15) is 0 Å². The largest absolute Gasteiger partial charge is 0.493 e. The Kier molecular flexibility index (Phi) is 5.61. The van der Waals surface area contributed by atoms with E-state index in [1.165, 1.54) is 32.1 Å². The van der Waals surface area contributed by atoms with Crippen LogP contribution in [-0.2, 0) is 0 Å². The molecule has 10 heteroatoms. The van der Waals surface area contributed by atoms with Crippen LogP contribution in [0.3, 0.4) is 0 Å². The smallest absolute Gasteiger partial charge is 0.297 e. The summed E-state index contributed by atoms with van der Waals surface area (Å²) in [5, 5.41) is 0.914. The summed E-state index contributed by atoms with van der Waals surface area (Å²) in [5.74, 6) is 0.152. The minimum Gasteiger partial charge on any atom is -0.493 e. The number of benzene rings is 2. The van der Waals surface area contributed by atoms with Gasteiger partial charge in [-0.05, 0) is 42.8 Å². The molecule has 1 aliphatic rings. The number of rotatable bonds is 5. The molecule has 1 aliphatic heterocycles. The first-order chi connectivity index (χ1) is 16.7. The van der Waals surface area contributed by atoms with Gasteiger partial charge in [0.25, 0.3) is 5.91 Å². The summed E-state index contributed by atoms with van der Waals surface area (Å²) in [5.41, 5.74) is 1.12. The normalized spacial score (nSPS) is 14.9. The number of carbonyl (C=O) groups is 2. The number of anilines is 1. The standard InChI is InChI=1S/C25H19ClN2O6S/c1-11-23(12(2)29)35-25(27-11)28-20(13-5-7-17(32-3)18(9-13)33-4)19-21(30)15-10-14(26)6-8-16(15)34-22(19)24(28)31/h5-10,20H,1-4H3. The summed E-state index contributed by atoms with van der Waals surface area (Å²) in [6, 6.07) is 8.93. The third-order valence-electron chi connectivity index (χ3n) is 5.87. The van der Waals surface area contributed by atoms with Crippen molar-refractivity contribution in [1.29, 1.82) is 0 Å². The molecule has 0 fully saturated rings. The monoisotopic (exact) mass is 510 g/mol. The van der Waals surface area contributed by atoms with E-state index in [1.807, 2.05) is 0 Å². The average Bonchev–Trinajstić information content (AvgIpc) is 3.36. The molecule has 5 rings (SSSR count). The highest BCUT2D eigenvalue weighted by Crippen LogP contribution is 2.44. The number of halogens is 1. The number of hydrogen-bond donors (Lipinski definition) is 0. The molecule has 1 amide bonds. The molecule has 1 atom stereocenters. The molecule has 0 bridgehead atoms. The molecule has 0 N–H and O–H groups in total. The van der Waals surface area contributed by atoms with Crippen LogP contribution in [0.5, 0.6) is 11.5 Å². The van der Waals surface area contributed by atoms with E-state index in [4.69, 9.17) is 25.5 Å². The summed E-state index contributed by atoms with van der Waals surface area (Å²) in [4.78, 5) is 45.8. The summed E-state index contributed by atoms with van der Waals surface area (Å²) >= 11 is 7.23. The van der Waals surface area contributed by atoms with Gasteiger partial charge in [0.2, 0.25) is 5.76 Å². The van der Waals surface area contributed by atoms with E-state index in [-0.39, 0.29) is 38.6 Å². The number of thiazole rings is 1. The quantitative estimate of drug-likeness (QED) is 0.341. The maximum absolute atomic E-state index is 13.7. The SMILES string of the molecule is COc1ccc(C2c3c(oc4ccc(Cl)cc4c3=O)C(=O)N2c2nc(C)c(C(C)=O)s2)cc1OC. The van der Waals surface area contributed by atoms with E-state index in [2.05, 4.69) is 4.98 Å². The van der Waals surface area contributed by atoms with E-state index in [0.717, 1.165) is 11.3 Å². The van der Waals surface area contributed by atoms with Gasteiger partial charge in [-0.25, -0.2) is 4.98 Å². The molecule has 2 aromatic heterocycles. The fourth-order valence-electron chi connectivity index (χ4n) is 4.29. The Morgan fingerprint density at radius 3 is 2.51 bits per heavy atom. The third kappa shape index (κ3) is 3.59. The Hall–Kier alpha value is -3.69. The van der Waals surface area contributed by atoms with Crippen molar-refractivity contribution >= 4 is 50.7 Å². The fourth-order valence-corrected chi connectivity index (χ4v) is 5.45. The first-order valence-electron chi connectivity index (χ1n) is 10.5. The summed E-state index contributed by atoms with van der Waals surface area (Å²) in [7, 11) is 3.02. The molecule has 0 saturated carbocycles. The van der Waals surface area contributed by atoms with Gasteiger partial charge in [0, 0.05) is 11.9 Å². The van der Waals surface area contributed by atoms with Crippen LogP contribution < -0.4 is 19.8 Å². The number of aryl methyl sites for hydroxylation is 1. The van der Waals surface area contributed by atoms with E-state index >= 15 is 0 Å². The Morgan fingerprint density at radius 1 is 1.11 bits per heavy atom. The van der Waals surface area contributed by atoms with Crippen LogP contribution in [-0.4, -0.2) is 30.9 Å². The lowest BCUT2D eigenvalue weighted by molar-refractivity contribution is 0.0969. The molecule has 4 aromatic rings. The zero-order valence-corrected chi connectivity index (χ0v) is 20.7. The Morgan fingerprint density at radius 2 is 1.86 bits per heavy atom. The number of nitrogens with zero attached hydrogens (tertiary/aromatic N) is 2. The molecule has 0 spiro atoms. The Bertz CT molecular complexity index is 1590. The molecule has 35 heavy (non-hydrogen) atoms. The van der Waals surface area contributed by atoms with Crippen molar-refractivity contribution in [3.63, 3.8) is 0 Å². The van der Waals surface area contributed by atoms with Crippen molar-refractivity contribution in [3.8, 4) is 11.5 Å². The lowest BCUT2D eigenvalue weighted by Gasteiger charge is -2.23. The zero-order valence-electron chi connectivity index (χ0n) is 19.2. The highest BCUT2D eigenvalue weighted by Gasteiger charge is 2.45. The highest BCUT2D eigenvalue weighted by molar-refractivity contribution is 7.17. The predicted octanol–water partition coefficient (Wildman–Crippen LogP) is 5.18. The van der Waals surface area contributed by atoms with E-state index in [0.29, 0.717) is 32.7 Å². The topological polar surface area (TPSA) is 98.9 Å². The van der Waals surface area contributed by atoms with Crippen LogP contribution >= 0.6 is 22.9 Å². The van der Waals surface area contributed by atoms with Crippen molar-refractivity contribution in [2.75, 3.05) is 19.1 Å². The lowest BCUT2D eigenvalue weighted by atomic mass is 9.98. The van der Waals surface area contributed by atoms with Crippen LogP contribution in [0.4, 0.5) is 5.13 Å². The molecule has 0 radical (unpaired) electrons. The fraction of sp³-hybridized carbons (Fsp3) is 0.200. The number of fused-ring (bicyclic) bond motifs is 2. The van der Waals surface area contributed by atoms with Gasteiger partial charge in [-0.1, -0.05) is 29.0 Å². The van der Waals surface area contributed by atoms with Crippen molar-refractivity contribution in [2.45, 2.75) is 19.9 Å². The molecule has 1 unspecified atom stereocenters. The minimum absolute atomic E-state index is 0.0816. The predicted molar refractivity (Wildman–Crippen MR) is 133 cm³/mol. The molecule has 3 heterocycles. The number of hydrogen-bond acceptors (Lipinski definition) is 8. The van der Waals surface area contributed by atoms with Gasteiger partial charge in [-0.15, -0.1) is 0 Å². The third-order valence-corrected chi connectivity index (χ3v) is 7.36. The maximum atomic E-state index is 13.7. The second kappa shape index (κ2) is 8.51. The minimum atomic E-state index is -0.873. The Labute approximate surface area is 208 Å². The summed E-state index contributed by atoms with van der Waals surface area (Å²) < 4.78 is 16.8. The number of ketones is 1. The molecule has 0 aliphatic carbocycles. The van der Waals surface area contributed by atoms with Gasteiger partial charge in [-0.3, -0.25) is 19.3 Å². The number of ether oxygens (including phenoxy) is 2. The van der Waals surface area contributed by atoms with E-state index < -0.39 is 11.9 Å². The molecular weight excluding hydrogens is 492 g/mol. The molecule has 0 saturated heterocycles. The molecule has 178 valence electrons. The van der Waals surface area contributed by atoms with Crippen molar-refractivity contribution in [2.24, 2.45) is 0 Å². The van der Waals surface area contributed by atoms with Crippen LogP contribution in [0.2, 0.25) is 5.02 Å². The van der Waals surface area contributed by atoms with Crippen molar-refractivity contribution in [1.82, 2.24) is 4.98 Å². The van der Waals surface area contributed by atoms with Crippen LogP contribution in [0.1, 0.15) is 50.0 Å². The van der Waals surface area contributed by atoms with E-state index in [9.17, 15) is 14.4 Å². The van der Waals surface area contributed by atoms with Gasteiger partial charge in [0.05, 0.1) is 41.8 Å². The first kappa shape index (κ1) is 23.1. The first-order valence-corrected chi connectivity index (χ1v) is 11.7. The second-order valence-corrected chi connectivity index (χ2v) is 9.39. The Balaban J connectivity index is 1.81. The molecular formula is C25H19ClN2O6S. The van der Waals surface area contributed by atoms with Gasteiger partial charge in [0.1, 0.15) is 5.58 Å². The maximum Gasteiger partial charge on any atom is 0.297 e. The van der Waals surface area contributed by atoms with E-state index in [1.54, 1.807) is 37.3 Å². The van der Waals surface area contributed by atoms with Crippen molar-refractivity contribution in [3.05, 3.63) is 79.1 Å². The highest BCUT2D eigenvalue weighted by atomic mass is 35.5. The number of Topliss-reactive ketones (excluding diaryl/α,β-unsaturated/α-hetero) is 1. The molecule has 8 nitrogen and oxygen atoms in total. The van der Waals surface area contributed by atoms with Gasteiger partial charge < -0.3 is 13.9 Å². The molecule has 2 aromatic carbocycles. The summed E-state index contributed by atoms with van der Waals surface area (Å²) in [6.07, 6.45) is 0. The second-order valence-electron chi connectivity index (χ2n) is 7.97. The average molecular weight is 511 g/mol. The number of amides is 1. The van der Waals surface area contributed by atoms with Gasteiger partial charge in [0.15, 0.2) is 27.8 Å². The van der Waals surface area contributed by atoms with Gasteiger partial charge >= 0.3 is 0 Å². The van der Waals surface area contributed by atoms with Crippen molar-refractivity contribution < 1.29 is 23.5 Å². The zero-order chi connectivity index (χ0) is 25.0. The lowest BCUT2D eigenvalue weighted by Crippen LogP contribution is -2.29. The number of methoxy groups -OCH3 is 2. The summed E-state index contributed by atoms with van der Waals surface area (Å²) in [6.45, 7) is 3.15. The number of carbonyl (C=O) groups excluding carboxylic acids is 2.